The van der Waals surface area contributed by atoms with Gasteiger partial charge in [0.15, 0.2) is 0 Å². The number of ether oxygens (including phenoxy) is 1. The van der Waals surface area contributed by atoms with Crippen LogP contribution in [0.2, 0.25) is 0 Å². The first-order valence-electron chi connectivity index (χ1n) is 5.66. The Balaban J connectivity index is 2.10. The molecule has 1 aliphatic heterocycles. The number of hydrogen-bond donors (Lipinski definition) is 1. The second-order valence-electron chi connectivity index (χ2n) is 4.43. The van der Waals surface area contributed by atoms with E-state index in [2.05, 4.69) is 24.2 Å². The zero-order valence-corrected chi connectivity index (χ0v) is 9.75. The lowest BCUT2D eigenvalue weighted by atomic mass is 10.0. The van der Waals surface area contributed by atoms with E-state index in [1.54, 1.807) is 7.11 Å². The maximum absolute atomic E-state index is 5.07. The van der Waals surface area contributed by atoms with Gasteiger partial charge in [-0.2, -0.15) is 0 Å². The molecule has 1 atom stereocenters. The van der Waals surface area contributed by atoms with E-state index in [1.807, 2.05) is 0 Å². The zero-order chi connectivity index (χ0) is 10.4. The van der Waals surface area contributed by atoms with Crippen molar-refractivity contribution in [1.82, 2.24) is 10.2 Å². The predicted molar refractivity (Wildman–Crippen MR) is 59.6 cm³/mol. The van der Waals surface area contributed by atoms with Gasteiger partial charge in [0.25, 0.3) is 0 Å². The number of rotatable bonds is 5. The van der Waals surface area contributed by atoms with Crippen LogP contribution in [-0.2, 0) is 4.74 Å². The van der Waals surface area contributed by atoms with Crippen LogP contribution in [0.1, 0.15) is 26.2 Å². The summed E-state index contributed by atoms with van der Waals surface area (Å²) in [5, 5.41) is 3.67. The van der Waals surface area contributed by atoms with E-state index in [0.29, 0.717) is 6.04 Å². The van der Waals surface area contributed by atoms with Crippen molar-refractivity contribution in [1.29, 1.82) is 0 Å². The summed E-state index contributed by atoms with van der Waals surface area (Å²) >= 11 is 0. The van der Waals surface area contributed by atoms with Crippen molar-refractivity contribution >= 4 is 0 Å². The molecule has 3 heteroatoms. The highest BCUT2D eigenvalue weighted by Gasteiger charge is 2.17. The topological polar surface area (TPSA) is 24.5 Å². The van der Waals surface area contributed by atoms with E-state index in [4.69, 9.17) is 4.74 Å². The normalized spacial score (nSPS) is 22.5. The lowest BCUT2D eigenvalue weighted by Crippen LogP contribution is -2.44. The van der Waals surface area contributed by atoms with Crippen LogP contribution in [0.4, 0.5) is 0 Å². The Morgan fingerprint density at radius 1 is 1.43 bits per heavy atom. The maximum atomic E-state index is 5.07. The number of hydrogen-bond acceptors (Lipinski definition) is 3. The molecule has 1 fully saturated rings. The summed E-state index contributed by atoms with van der Waals surface area (Å²) < 4.78 is 5.07. The van der Waals surface area contributed by atoms with Gasteiger partial charge in [-0.25, -0.2) is 0 Å². The first kappa shape index (κ1) is 12.0. The van der Waals surface area contributed by atoms with E-state index >= 15 is 0 Å². The zero-order valence-electron chi connectivity index (χ0n) is 9.75. The Bertz CT molecular complexity index is 144. The minimum atomic E-state index is 0.586. The van der Waals surface area contributed by atoms with Crippen LogP contribution in [0.3, 0.4) is 0 Å². The molecular formula is C11H24N2O. The lowest BCUT2D eigenvalue weighted by molar-refractivity contribution is 0.174. The predicted octanol–water partition coefficient (Wildman–Crippen LogP) is 1.10. The number of likely N-dealkylation sites (tertiary alicyclic amines) is 1. The summed E-state index contributed by atoms with van der Waals surface area (Å²) in [5.41, 5.74) is 0. The molecule has 0 radical (unpaired) electrons. The molecular weight excluding hydrogens is 176 g/mol. The van der Waals surface area contributed by atoms with Crippen LogP contribution in [0.15, 0.2) is 0 Å². The van der Waals surface area contributed by atoms with Gasteiger partial charge in [0.2, 0.25) is 0 Å². The highest BCUT2D eigenvalue weighted by Crippen LogP contribution is 2.09. The summed E-state index contributed by atoms with van der Waals surface area (Å²) in [6, 6.07) is 1.31. The Labute approximate surface area is 87.8 Å². The molecule has 84 valence electrons. The van der Waals surface area contributed by atoms with Crippen LogP contribution in [0, 0.1) is 0 Å². The van der Waals surface area contributed by atoms with E-state index < -0.39 is 0 Å². The van der Waals surface area contributed by atoms with Gasteiger partial charge in [-0.15, -0.1) is 0 Å². The average Bonchev–Trinajstić information content (AvgIpc) is 2.18. The van der Waals surface area contributed by atoms with Gasteiger partial charge < -0.3 is 15.0 Å². The maximum Gasteiger partial charge on any atom is 0.0476 e. The third kappa shape index (κ3) is 4.40. The Hall–Kier alpha value is -0.120. The van der Waals surface area contributed by atoms with E-state index in [0.717, 1.165) is 19.1 Å². The number of nitrogens with one attached hydrogen (secondary N) is 1. The second kappa shape index (κ2) is 6.38. The molecule has 0 aromatic rings. The quantitative estimate of drug-likeness (QED) is 0.719. The molecule has 0 aromatic carbocycles. The molecule has 1 N–H and O–H groups in total. The molecule has 14 heavy (non-hydrogen) atoms. The molecule has 1 saturated heterocycles. The third-order valence-corrected chi connectivity index (χ3v) is 2.99. The van der Waals surface area contributed by atoms with Crippen LogP contribution >= 0.6 is 0 Å². The minimum absolute atomic E-state index is 0.586. The largest absolute Gasteiger partial charge is 0.385 e. The van der Waals surface area contributed by atoms with Gasteiger partial charge in [0, 0.05) is 25.8 Å². The van der Waals surface area contributed by atoms with Crippen molar-refractivity contribution in [3.05, 3.63) is 0 Å². The Morgan fingerprint density at radius 3 is 2.64 bits per heavy atom. The summed E-state index contributed by atoms with van der Waals surface area (Å²) in [4.78, 5) is 2.40. The van der Waals surface area contributed by atoms with Gasteiger partial charge in [-0.05, 0) is 46.3 Å². The van der Waals surface area contributed by atoms with Crippen molar-refractivity contribution in [2.75, 3.05) is 33.9 Å². The molecule has 3 nitrogen and oxygen atoms in total. The highest BCUT2D eigenvalue weighted by atomic mass is 16.5. The summed E-state index contributed by atoms with van der Waals surface area (Å²) in [6.07, 6.45) is 3.69. The molecule has 0 amide bonds. The van der Waals surface area contributed by atoms with E-state index in [1.165, 1.54) is 25.9 Å². The fourth-order valence-corrected chi connectivity index (χ4v) is 1.96. The first-order valence-corrected chi connectivity index (χ1v) is 5.66. The SMILES string of the molecule is COCCC(C)NC1CCN(C)CC1. The second-order valence-corrected chi connectivity index (χ2v) is 4.43. The van der Waals surface area contributed by atoms with Crippen LogP contribution in [0.5, 0.6) is 0 Å². The molecule has 0 spiro atoms. The number of piperidine rings is 1. The smallest absolute Gasteiger partial charge is 0.0476 e. The number of methoxy groups -OCH3 is 1. The monoisotopic (exact) mass is 200 g/mol. The fraction of sp³-hybridized carbons (Fsp3) is 1.00. The molecule has 1 aliphatic rings. The van der Waals surface area contributed by atoms with Crippen LogP contribution in [-0.4, -0.2) is 50.8 Å². The molecule has 0 saturated carbocycles. The summed E-state index contributed by atoms with van der Waals surface area (Å²) in [7, 11) is 3.97. The highest BCUT2D eigenvalue weighted by molar-refractivity contribution is 4.77. The van der Waals surface area contributed by atoms with E-state index in [9.17, 15) is 0 Å². The fourth-order valence-electron chi connectivity index (χ4n) is 1.96. The van der Waals surface area contributed by atoms with Gasteiger partial charge in [-0.1, -0.05) is 0 Å². The van der Waals surface area contributed by atoms with Crippen molar-refractivity contribution in [2.24, 2.45) is 0 Å². The van der Waals surface area contributed by atoms with Gasteiger partial charge in [-0.3, -0.25) is 0 Å². The molecule has 0 bridgehead atoms. The van der Waals surface area contributed by atoms with Crippen LogP contribution < -0.4 is 5.32 Å². The molecule has 1 heterocycles. The lowest BCUT2D eigenvalue weighted by Gasteiger charge is -2.31. The van der Waals surface area contributed by atoms with Gasteiger partial charge in [0.05, 0.1) is 0 Å². The molecule has 0 aliphatic carbocycles. The molecule has 1 unspecified atom stereocenters. The van der Waals surface area contributed by atoms with Crippen molar-refractivity contribution < 1.29 is 4.74 Å². The Morgan fingerprint density at radius 2 is 2.07 bits per heavy atom. The average molecular weight is 200 g/mol. The van der Waals surface area contributed by atoms with Crippen molar-refractivity contribution in [3.8, 4) is 0 Å². The number of nitrogens with zero attached hydrogens (tertiary/aromatic N) is 1. The molecule has 1 rings (SSSR count). The first-order chi connectivity index (χ1) is 6.72. The molecule has 0 aromatic heterocycles. The van der Waals surface area contributed by atoms with E-state index in [-0.39, 0.29) is 0 Å². The van der Waals surface area contributed by atoms with Crippen molar-refractivity contribution in [2.45, 2.75) is 38.3 Å². The van der Waals surface area contributed by atoms with Crippen LogP contribution in [0.25, 0.3) is 0 Å². The van der Waals surface area contributed by atoms with Gasteiger partial charge >= 0.3 is 0 Å². The standard InChI is InChI=1S/C11H24N2O/c1-10(6-9-14-3)12-11-4-7-13(2)8-5-11/h10-12H,4-9H2,1-3H3. The third-order valence-electron chi connectivity index (χ3n) is 2.99. The Kier molecular flexibility index (Phi) is 5.45. The summed E-state index contributed by atoms with van der Waals surface area (Å²) in [5.74, 6) is 0. The van der Waals surface area contributed by atoms with Gasteiger partial charge in [0.1, 0.15) is 0 Å². The van der Waals surface area contributed by atoms with Crippen molar-refractivity contribution in [3.63, 3.8) is 0 Å². The minimum Gasteiger partial charge on any atom is -0.385 e. The summed E-state index contributed by atoms with van der Waals surface area (Å²) in [6.45, 7) is 5.57.